The van der Waals surface area contributed by atoms with Crippen LogP contribution < -0.4 is 0 Å². The van der Waals surface area contributed by atoms with Crippen LogP contribution in [0.25, 0.3) is 0 Å². The molecule has 0 aromatic carbocycles. The first-order valence-corrected chi connectivity index (χ1v) is 15.4. The Hall–Kier alpha value is -0.0400. The minimum atomic E-state index is 0.589. The summed E-state index contributed by atoms with van der Waals surface area (Å²) in [7, 11) is 0. The van der Waals surface area contributed by atoms with Crippen molar-refractivity contribution in [2.45, 2.75) is 161 Å². The van der Waals surface area contributed by atoms with Gasteiger partial charge in [-0.25, -0.2) is 0 Å². The van der Waals surface area contributed by atoms with Crippen LogP contribution in [0.2, 0.25) is 0 Å². The van der Waals surface area contributed by atoms with Crippen molar-refractivity contribution in [2.24, 2.45) is 29.6 Å². The lowest BCUT2D eigenvalue weighted by molar-refractivity contribution is 0.00367. The van der Waals surface area contributed by atoms with E-state index >= 15 is 0 Å². The molecule has 1 heteroatoms. The van der Waals surface area contributed by atoms with Crippen molar-refractivity contribution in [1.82, 2.24) is 0 Å². The normalized spacial score (nSPS) is 33.9. The lowest BCUT2D eigenvalue weighted by Gasteiger charge is -2.38. The maximum absolute atomic E-state index is 6.37. The third-order valence-electron chi connectivity index (χ3n) is 9.79. The molecular weight excluding hydrogens is 388 g/mol. The fourth-order valence-corrected chi connectivity index (χ4v) is 7.47. The molecule has 0 amide bonds. The van der Waals surface area contributed by atoms with Crippen LogP contribution in [0, 0.1) is 29.6 Å². The van der Waals surface area contributed by atoms with Crippen molar-refractivity contribution in [2.75, 3.05) is 6.61 Å². The molecule has 3 saturated carbocycles. The predicted octanol–water partition coefficient (Wildman–Crippen LogP) is 10.1. The highest BCUT2D eigenvalue weighted by Gasteiger charge is 2.31. The number of ether oxygens (including phenoxy) is 1. The molecule has 0 aromatic heterocycles. The third kappa shape index (κ3) is 9.68. The van der Waals surface area contributed by atoms with Crippen LogP contribution in [0.1, 0.15) is 155 Å². The van der Waals surface area contributed by atoms with E-state index < -0.39 is 0 Å². The van der Waals surface area contributed by atoms with Gasteiger partial charge in [-0.3, -0.25) is 0 Å². The zero-order valence-electron chi connectivity index (χ0n) is 22.1. The van der Waals surface area contributed by atoms with Crippen molar-refractivity contribution in [3.05, 3.63) is 0 Å². The Morgan fingerprint density at radius 1 is 0.469 bits per heavy atom. The minimum Gasteiger partial charge on any atom is -0.378 e. The number of hydrogen-bond donors (Lipinski definition) is 0. The van der Waals surface area contributed by atoms with Crippen LogP contribution in [0.15, 0.2) is 0 Å². The molecule has 3 aliphatic rings. The third-order valence-corrected chi connectivity index (χ3v) is 9.79. The Bertz CT molecular complexity index is 435. The van der Waals surface area contributed by atoms with Gasteiger partial charge in [0.15, 0.2) is 0 Å². The van der Waals surface area contributed by atoms with Gasteiger partial charge in [-0.1, -0.05) is 104 Å². The average Bonchev–Trinajstić information content (AvgIpc) is 2.84. The molecule has 0 spiro atoms. The molecule has 3 aliphatic carbocycles. The first kappa shape index (κ1) is 26.6. The van der Waals surface area contributed by atoms with E-state index in [0.717, 1.165) is 36.2 Å². The van der Waals surface area contributed by atoms with Gasteiger partial charge in [0, 0.05) is 6.61 Å². The Labute approximate surface area is 202 Å². The highest BCUT2D eigenvalue weighted by molar-refractivity contribution is 4.82. The molecule has 0 N–H and O–H groups in total. The molecule has 3 rings (SSSR count). The summed E-state index contributed by atoms with van der Waals surface area (Å²) in [6.45, 7) is 5.69. The second-order valence-corrected chi connectivity index (χ2v) is 12.2. The van der Waals surface area contributed by atoms with Gasteiger partial charge < -0.3 is 4.74 Å². The van der Waals surface area contributed by atoms with Crippen molar-refractivity contribution < 1.29 is 4.74 Å². The van der Waals surface area contributed by atoms with E-state index in [9.17, 15) is 0 Å². The van der Waals surface area contributed by atoms with Gasteiger partial charge in [0.25, 0.3) is 0 Å². The fourth-order valence-electron chi connectivity index (χ4n) is 7.47. The smallest absolute Gasteiger partial charge is 0.0575 e. The van der Waals surface area contributed by atoms with Crippen molar-refractivity contribution in [3.63, 3.8) is 0 Å². The molecule has 0 unspecified atom stereocenters. The molecule has 0 atom stereocenters. The van der Waals surface area contributed by atoms with Crippen molar-refractivity contribution in [3.8, 4) is 0 Å². The summed E-state index contributed by atoms with van der Waals surface area (Å²) < 4.78 is 6.37. The molecule has 0 heterocycles. The first-order chi connectivity index (χ1) is 15.8. The van der Waals surface area contributed by atoms with Crippen LogP contribution in [0.4, 0.5) is 0 Å². The summed E-state index contributed by atoms with van der Waals surface area (Å²) in [5.41, 5.74) is 0. The average molecular weight is 447 g/mol. The zero-order chi connectivity index (χ0) is 22.4. The lowest BCUT2D eigenvalue weighted by Crippen LogP contribution is -2.28. The summed E-state index contributed by atoms with van der Waals surface area (Å²) in [5.74, 6) is 5.21. The maximum atomic E-state index is 6.37. The van der Waals surface area contributed by atoms with E-state index in [4.69, 9.17) is 4.74 Å². The molecule has 3 fully saturated rings. The van der Waals surface area contributed by atoms with Gasteiger partial charge in [0.2, 0.25) is 0 Å². The van der Waals surface area contributed by atoms with E-state index in [1.54, 1.807) is 0 Å². The number of hydrogen-bond acceptors (Lipinski definition) is 1. The van der Waals surface area contributed by atoms with Gasteiger partial charge in [-0.15, -0.1) is 0 Å². The molecule has 0 aliphatic heterocycles. The highest BCUT2D eigenvalue weighted by atomic mass is 16.5. The van der Waals surface area contributed by atoms with Crippen molar-refractivity contribution >= 4 is 0 Å². The van der Waals surface area contributed by atoms with Crippen LogP contribution in [-0.4, -0.2) is 12.7 Å². The maximum Gasteiger partial charge on any atom is 0.0575 e. The second kappa shape index (κ2) is 15.8. The molecule has 32 heavy (non-hydrogen) atoms. The van der Waals surface area contributed by atoms with Crippen LogP contribution >= 0.6 is 0 Å². The Morgan fingerprint density at radius 3 is 1.34 bits per heavy atom. The monoisotopic (exact) mass is 446 g/mol. The first-order valence-electron chi connectivity index (χ1n) is 15.4. The number of unbranched alkanes of at least 4 members (excludes halogenated alkanes) is 4. The van der Waals surface area contributed by atoms with E-state index in [1.807, 2.05) is 0 Å². The van der Waals surface area contributed by atoms with Gasteiger partial charge in [-0.05, 0) is 81.0 Å². The Morgan fingerprint density at radius 2 is 0.875 bits per heavy atom. The molecule has 0 radical (unpaired) electrons. The Balaban J connectivity index is 1.17. The quantitative estimate of drug-likeness (QED) is 0.241. The van der Waals surface area contributed by atoms with Crippen LogP contribution in [0.5, 0.6) is 0 Å². The Kier molecular flexibility index (Phi) is 13.1. The molecule has 0 saturated heterocycles. The molecule has 188 valence electrons. The molecule has 0 aromatic rings. The van der Waals surface area contributed by atoms with Gasteiger partial charge in [-0.2, -0.15) is 0 Å². The minimum absolute atomic E-state index is 0.589. The van der Waals surface area contributed by atoms with Gasteiger partial charge >= 0.3 is 0 Å². The van der Waals surface area contributed by atoms with Gasteiger partial charge in [0.05, 0.1) is 6.10 Å². The molecule has 0 bridgehead atoms. The zero-order valence-corrected chi connectivity index (χ0v) is 22.1. The van der Waals surface area contributed by atoms with E-state index in [1.165, 1.54) is 141 Å². The summed E-state index contributed by atoms with van der Waals surface area (Å²) in [6.07, 6.45) is 32.7. The molecule has 1 nitrogen and oxygen atoms in total. The molecular formula is C31H58O. The predicted molar refractivity (Wildman–Crippen MR) is 140 cm³/mol. The lowest BCUT2D eigenvalue weighted by atomic mass is 9.70. The summed E-state index contributed by atoms with van der Waals surface area (Å²) in [4.78, 5) is 0. The van der Waals surface area contributed by atoms with E-state index in [2.05, 4.69) is 13.8 Å². The fraction of sp³-hybridized carbons (Fsp3) is 1.00. The van der Waals surface area contributed by atoms with Crippen molar-refractivity contribution in [1.29, 1.82) is 0 Å². The van der Waals surface area contributed by atoms with Gasteiger partial charge in [0.1, 0.15) is 0 Å². The SMILES string of the molecule is CCCCC[C@H]1CC[C@H](CCCO[C@H]2CC[C@H]([C@H]3CC[C@H](CCCCC)CC3)CC2)CC1. The van der Waals surface area contributed by atoms with Crippen LogP contribution in [0.3, 0.4) is 0 Å². The number of rotatable bonds is 14. The van der Waals surface area contributed by atoms with Crippen LogP contribution in [-0.2, 0) is 4.74 Å². The summed E-state index contributed by atoms with van der Waals surface area (Å²) in [6, 6.07) is 0. The second-order valence-electron chi connectivity index (χ2n) is 12.2. The highest BCUT2D eigenvalue weighted by Crippen LogP contribution is 2.41. The summed E-state index contributed by atoms with van der Waals surface area (Å²) >= 11 is 0. The van der Waals surface area contributed by atoms with E-state index in [-0.39, 0.29) is 0 Å². The standard InChI is InChI=1S/C31H58O/c1-3-5-7-10-26-13-15-28(16-14-26)12-9-25-32-31-23-21-30(22-24-31)29-19-17-27(18-20-29)11-8-6-4-2/h26-31H,3-25H2,1-2H3/t26-,27-,28-,29-,30-,31-. The largest absolute Gasteiger partial charge is 0.378 e. The summed E-state index contributed by atoms with van der Waals surface area (Å²) in [5, 5.41) is 0. The topological polar surface area (TPSA) is 9.23 Å². The van der Waals surface area contributed by atoms with E-state index in [0.29, 0.717) is 6.10 Å².